The van der Waals surface area contributed by atoms with E-state index in [0.29, 0.717) is 41.8 Å². The maximum absolute atomic E-state index is 13.0. The summed E-state index contributed by atoms with van der Waals surface area (Å²) in [7, 11) is 0. The Morgan fingerprint density at radius 3 is 2.70 bits per heavy atom. The number of fused-ring (bicyclic) bond motifs is 4. The molecule has 4 N–H and O–H groups in total. The number of carboxylic acid groups (broad SMARTS) is 1. The monoisotopic (exact) mass is 417 g/mol. The van der Waals surface area contributed by atoms with Gasteiger partial charge < -0.3 is 21.1 Å². The van der Waals surface area contributed by atoms with E-state index in [-0.39, 0.29) is 18.3 Å². The van der Waals surface area contributed by atoms with Crippen LogP contribution in [0.3, 0.4) is 0 Å². The average Bonchev–Trinajstić information content (AvgIpc) is 2.74. The topological polar surface area (TPSA) is 129 Å². The van der Waals surface area contributed by atoms with Crippen molar-refractivity contribution < 1.29 is 19.5 Å². The fraction of sp³-hybridized carbons (Fsp3) is 0.619. The minimum Gasteiger partial charge on any atom is -0.483 e. The number of nitrogens with zero attached hydrogens (tertiary/aromatic N) is 3. The second-order valence-corrected chi connectivity index (χ2v) is 8.35. The second-order valence-electron chi connectivity index (χ2n) is 8.35. The molecule has 0 aliphatic carbocycles. The summed E-state index contributed by atoms with van der Waals surface area (Å²) in [6.45, 7) is 4.66. The van der Waals surface area contributed by atoms with Gasteiger partial charge in [-0.15, -0.1) is 0 Å². The normalized spacial score (nSPS) is 27.8. The van der Waals surface area contributed by atoms with E-state index >= 15 is 0 Å². The van der Waals surface area contributed by atoms with E-state index in [4.69, 9.17) is 15.6 Å². The van der Waals surface area contributed by atoms with Crippen LogP contribution in [0.15, 0.2) is 18.3 Å². The van der Waals surface area contributed by atoms with Crippen LogP contribution in [0.25, 0.3) is 0 Å². The predicted octanol–water partition coefficient (Wildman–Crippen LogP) is 0.816. The maximum atomic E-state index is 13.0. The fourth-order valence-corrected chi connectivity index (χ4v) is 5.32. The lowest BCUT2D eigenvalue weighted by Gasteiger charge is -2.56. The Hall–Kier alpha value is -2.68. The Kier molecular flexibility index (Phi) is 7.25. The van der Waals surface area contributed by atoms with Gasteiger partial charge in [-0.1, -0.05) is 6.42 Å². The molecule has 0 aromatic carbocycles. The first-order chi connectivity index (χ1) is 14.4. The molecule has 0 unspecified atom stereocenters. The number of nitrogens with one attached hydrogen (secondary N) is 1. The van der Waals surface area contributed by atoms with Crippen molar-refractivity contribution >= 4 is 24.1 Å². The summed E-state index contributed by atoms with van der Waals surface area (Å²) in [6.07, 6.45) is 6.40. The number of carbonyl (C=O) groups excluding carboxylic acids is 2. The molecule has 4 atom stereocenters. The lowest BCUT2D eigenvalue weighted by atomic mass is 9.72. The van der Waals surface area contributed by atoms with Crippen LogP contribution >= 0.6 is 0 Å². The molecule has 30 heavy (non-hydrogen) atoms. The van der Waals surface area contributed by atoms with Gasteiger partial charge in [-0.05, 0) is 49.8 Å². The van der Waals surface area contributed by atoms with Gasteiger partial charge in [0.1, 0.15) is 5.82 Å². The van der Waals surface area contributed by atoms with Gasteiger partial charge in [0, 0.05) is 44.8 Å². The number of pyridine rings is 1. The molecule has 9 nitrogen and oxygen atoms in total. The van der Waals surface area contributed by atoms with Gasteiger partial charge in [0.05, 0.1) is 5.56 Å². The molecule has 3 aliphatic rings. The Balaban J connectivity index is 0.000000806. The summed E-state index contributed by atoms with van der Waals surface area (Å²) in [5, 5.41) is 9.91. The molecular formula is C21H31N5O4. The Bertz CT molecular complexity index is 756. The highest BCUT2D eigenvalue weighted by molar-refractivity contribution is 5.94. The molecule has 3 fully saturated rings. The zero-order valence-electron chi connectivity index (χ0n) is 17.4. The number of piperidine rings is 3. The van der Waals surface area contributed by atoms with E-state index in [0.717, 1.165) is 26.1 Å². The summed E-state index contributed by atoms with van der Waals surface area (Å²) >= 11 is 0. The van der Waals surface area contributed by atoms with E-state index in [1.807, 2.05) is 4.90 Å². The highest BCUT2D eigenvalue weighted by atomic mass is 16.3. The number of hydrogen-bond donors (Lipinski definition) is 3. The summed E-state index contributed by atoms with van der Waals surface area (Å²) in [5.41, 5.74) is 6.25. The number of hydrogen-bond acceptors (Lipinski definition) is 6. The lowest BCUT2D eigenvalue weighted by molar-refractivity contribution is -0.123. The number of likely N-dealkylation sites (tertiary alicyclic amines) is 1. The molecule has 4 heterocycles. The van der Waals surface area contributed by atoms with Crippen molar-refractivity contribution in [2.24, 2.45) is 11.8 Å². The van der Waals surface area contributed by atoms with Gasteiger partial charge in [0.25, 0.3) is 12.4 Å². The van der Waals surface area contributed by atoms with Gasteiger partial charge in [-0.3, -0.25) is 19.3 Å². The number of carbonyl (C=O) groups is 3. The zero-order valence-corrected chi connectivity index (χ0v) is 17.4. The first kappa shape index (κ1) is 22.0. The molecule has 3 aliphatic heterocycles. The Morgan fingerprint density at radius 2 is 2.03 bits per heavy atom. The second kappa shape index (κ2) is 9.88. The van der Waals surface area contributed by atoms with Gasteiger partial charge in [-0.2, -0.15) is 0 Å². The molecule has 164 valence electrons. The van der Waals surface area contributed by atoms with E-state index in [1.54, 1.807) is 25.3 Å². The van der Waals surface area contributed by atoms with Crippen molar-refractivity contribution in [2.45, 2.75) is 44.7 Å². The zero-order chi connectivity index (χ0) is 21.7. The van der Waals surface area contributed by atoms with Crippen LogP contribution in [0, 0.1) is 11.8 Å². The van der Waals surface area contributed by atoms with E-state index in [9.17, 15) is 9.59 Å². The molecule has 1 aromatic rings. The molecular weight excluding hydrogens is 386 g/mol. The highest BCUT2D eigenvalue weighted by Gasteiger charge is 2.47. The summed E-state index contributed by atoms with van der Waals surface area (Å²) in [6, 6.07) is 4.28. The van der Waals surface area contributed by atoms with Gasteiger partial charge in [-0.25, -0.2) is 4.98 Å². The van der Waals surface area contributed by atoms with Crippen molar-refractivity contribution in [3.63, 3.8) is 0 Å². The van der Waals surface area contributed by atoms with Crippen molar-refractivity contribution in [3.8, 4) is 0 Å². The first-order valence-corrected chi connectivity index (χ1v) is 10.5. The number of anilines is 1. The van der Waals surface area contributed by atoms with Crippen LogP contribution in [0.2, 0.25) is 0 Å². The average molecular weight is 418 g/mol. The van der Waals surface area contributed by atoms with Crippen molar-refractivity contribution in [2.75, 3.05) is 31.9 Å². The van der Waals surface area contributed by atoms with E-state index < -0.39 is 0 Å². The maximum Gasteiger partial charge on any atom is 0.290 e. The summed E-state index contributed by atoms with van der Waals surface area (Å²) in [4.78, 5) is 41.6. The Labute approximate surface area is 176 Å². The van der Waals surface area contributed by atoms with Gasteiger partial charge in [0.2, 0.25) is 5.91 Å². The first-order valence-electron chi connectivity index (χ1n) is 10.5. The van der Waals surface area contributed by atoms with Crippen molar-refractivity contribution in [3.05, 3.63) is 23.9 Å². The Morgan fingerprint density at radius 1 is 1.30 bits per heavy atom. The highest BCUT2D eigenvalue weighted by Crippen LogP contribution is 2.41. The summed E-state index contributed by atoms with van der Waals surface area (Å²) in [5.74, 6) is 1.40. The third kappa shape index (κ3) is 4.89. The van der Waals surface area contributed by atoms with Crippen molar-refractivity contribution in [1.82, 2.24) is 20.1 Å². The lowest BCUT2D eigenvalue weighted by Crippen LogP contribution is -2.66. The van der Waals surface area contributed by atoms with Crippen LogP contribution in [0.1, 0.15) is 43.0 Å². The molecule has 2 amide bonds. The number of rotatable bonds is 3. The molecule has 4 rings (SSSR count). The minimum absolute atomic E-state index is 0.0161. The molecule has 0 radical (unpaired) electrons. The van der Waals surface area contributed by atoms with Crippen LogP contribution < -0.4 is 11.1 Å². The molecule has 0 spiro atoms. The number of nitrogen functional groups attached to an aromatic ring is 1. The molecule has 1 aromatic heterocycles. The van der Waals surface area contributed by atoms with E-state index in [2.05, 4.69) is 15.2 Å². The SMILES string of the molecule is CC(=O)NC[C@H]1[C@H]2C[C@H](CN(C(=O)c3ccc(N)nc3)C2)[C@@H]2CCCCN21.O=CO. The number of aromatic nitrogens is 1. The van der Waals surface area contributed by atoms with E-state index in [1.165, 1.54) is 19.3 Å². The molecule has 9 heteroatoms. The predicted molar refractivity (Wildman–Crippen MR) is 112 cm³/mol. The van der Waals surface area contributed by atoms with Gasteiger partial charge in [0.15, 0.2) is 0 Å². The fourth-order valence-electron chi connectivity index (χ4n) is 5.32. The van der Waals surface area contributed by atoms with Crippen LogP contribution in [0.4, 0.5) is 5.82 Å². The quantitative estimate of drug-likeness (QED) is 0.621. The number of amides is 2. The number of nitrogens with two attached hydrogens (primary N) is 1. The van der Waals surface area contributed by atoms with Crippen LogP contribution in [-0.2, 0) is 9.59 Å². The molecule has 0 saturated carbocycles. The smallest absolute Gasteiger partial charge is 0.290 e. The minimum atomic E-state index is -0.250. The third-order valence-electron chi connectivity index (χ3n) is 6.50. The standard InChI is InChI=1S/C20H29N5O2.CH2O2/c1-13(26)22-10-18-16-8-15(17-4-2-3-7-25(17)18)11-24(12-16)20(27)14-5-6-19(21)23-9-14;2-1-3/h5-6,9,15-18H,2-4,7-8,10-12H2,1H3,(H2,21,23)(H,22,26);1H,(H,2,3)/t15-,16+,17+,18+;/m1./s1. The van der Waals surface area contributed by atoms with Crippen LogP contribution in [0.5, 0.6) is 0 Å². The van der Waals surface area contributed by atoms with Crippen LogP contribution in [-0.4, -0.2) is 76.4 Å². The molecule has 2 bridgehead atoms. The van der Waals surface area contributed by atoms with Crippen molar-refractivity contribution in [1.29, 1.82) is 0 Å². The third-order valence-corrected chi connectivity index (χ3v) is 6.50. The molecule has 3 saturated heterocycles. The largest absolute Gasteiger partial charge is 0.483 e. The summed E-state index contributed by atoms with van der Waals surface area (Å²) < 4.78 is 0. The van der Waals surface area contributed by atoms with Gasteiger partial charge >= 0.3 is 0 Å².